The van der Waals surface area contributed by atoms with Gasteiger partial charge in [0.1, 0.15) is 0 Å². The topological polar surface area (TPSA) is 63.1 Å². The van der Waals surface area contributed by atoms with Crippen LogP contribution < -0.4 is 0 Å². The third-order valence-electron chi connectivity index (χ3n) is 1.17. The van der Waals surface area contributed by atoms with Crippen LogP contribution in [0, 0.1) is 6.92 Å². The van der Waals surface area contributed by atoms with Crippen molar-refractivity contribution in [2.45, 2.75) is 6.92 Å². The van der Waals surface area contributed by atoms with Gasteiger partial charge in [0.15, 0.2) is 0 Å². The zero-order valence-electron chi connectivity index (χ0n) is 7.38. The lowest BCUT2D eigenvalue weighted by Gasteiger charge is -1.77. The van der Waals surface area contributed by atoms with Crippen LogP contribution in [0.25, 0.3) is 0 Å². The van der Waals surface area contributed by atoms with Gasteiger partial charge in [-0.2, -0.15) is 0 Å². The molecule has 0 aliphatic heterocycles. The Bertz CT molecular complexity index is 370. The lowest BCUT2D eigenvalue weighted by Crippen LogP contribution is -1.92. The summed E-state index contributed by atoms with van der Waals surface area (Å²) in [5.74, 6) is -0.958. The highest BCUT2D eigenvalue weighted by atomic mass is 32.1. The first kappa shape index (κ1) is 10.8. The Morgan fingerprint density at radius 3 is 2.14 bits per heavy atom. The van der Waals surface area contributed by atoms with Gasteiger partial charge in [0.25, 0.3) is 0 Å². The van der Waals surface area contributed by atoms with Crippen LogP contribution in [0.5, 0.6) is 0 Å². The van der Waals surface area contributed by atoms with Gasteiger partial charge in [-0.15, -0.1) is 22.7 Å². The van der Waals surface area contributed by atoms with Gasteiger partial charge in [-0.3, -0.25) is 4.98 Å². The van der Waals surface area contributed by atoms with E-state index in [2.05, 4.69) is 9.97 Å². The molecule has 0 bridgehead atoms. The van der Waals surface area contributed by atoms with Gasteiger partial charge in [0.05, 0.1) is 5.01 Å². The molecule has 0 unspecified atom stereocenters. The molecule has 0 atom stereocenters. The standard InChI is InChI=1S/C4H3NO2S.C4H5NS/c6-4(7)3-5-1-2-8-3;1-4-5-2-3-6-4/h1-2H,(H,6,7);2-3H,1H3. The molecule has 0 radical (unpaired) electrons. The molecule has 2 aromatic rings. The van der Waals surface area contributed by atoms with Crippen LogP contribution in [0.3, 0.4) is 0 Å². The fraction of sp³-hybridized carbons (Fsp3) is 0.125. The summed E-state index contributed by atoms with van der Waals surface area (Å²) < 4.78 is 0. The maximum absolute atomic E-state index is 10.0. The fourth-order valence-electron chi connectivity index (χ4n) is 0.624. The maximum atomic E-state index is 10.0. The van der Waals surface area contributed by atoms with Crippen molar-refractivity contribution in [2.75, 3.05) is 0 Å². The van der Waals surface area contributed by atoms with Crippen LogP contribution in [-0.4, -0.2) is 21.0 Å². The SMILES string of the molecule is Cc1nccs1.O=C(O)c1nccs1. The number of carbonyl (C=O) groups is 1. The highest BCUT2D eigenvalue weighted by Gasteiger charge is 2.01. The Morgan fingerprint density at radius 2 is 1.93 bits per heavy atom. The average molecular weight is 228 g/mol. The van der Waals surface area contributed by atoms with E-state index in [1.165, 1.54) is 6.20 Å². The molecule has 0 saturated heterocycles. The van der Waals surface area contributed by atoms with Crippen molar-refractivity contribution in [2.24, 2.45) is 0 Å². The van der Waals surface area contributed by atoms with Gasteiger partial charge in [0, 0.05) is 23.2 Å². The smallest absolute Gasteiger partial charge is 0.364 e. The minimum Gasteiger partial charge on any atom is -0.476 e. The van der Waals surface area contributed by atoms with Gasteiger partial charge in [-0.25, -0.2) is 9.78 Å². The van der Waals surface area contributed by atoms with Crippen LogP contribution in [0.4, 0.5) is 0 Å². The number of hydrogen-bond donors (Lipinski definition) is 1. The monoisotopic (exact) mass is 228 g/mol. The predicted octanol–water partition coefficient (Wildman–Crippen LogP) is 2.29. The highest BCUT2D eigenvalue weighted by Crippen LogP contribution is 2.01. The number of thiazole rings is 2. The van der Waals surface area contributed by atoms with Gasteiger partial charge in [0.2, 0.25) is 5.01 Å². The molecule has 0 aromatic carbocycles. The summed E-state index contributed by atoms with van der Waals surface area (Å²) in [6, 6.07) is 0. The molecular weight excluding hydrogens is 220 g/mol. The Morgan fingerprint density at radius 1 is 1.29 bits per heavy atom. The van der Waals surface area contributed by atoms with E-state index < -0.39 is 5.97 Å². The third kappa shape index (κ3) is 3.63. The lowest BCUT2D eigenvalue weighted by atomic mass is 10.7. The molecule has 6 heteroatoms. The van der Waals surface area contributed by atoms with Gasteiger partial charge < -0.3 is 5.11 Å². The number of carboxylic acids is 1. The summed E-state index contributed by atoms with van der Waals surface area (Å²) in [6.45, 7) is 1.99. The molecule has 0 aliphatic rings. The van der Waals surface area contributed by atoms with Crippen molar-refractivity contribution in [3.8, 4) is 0 Å². The molecule has 2 rings (SSSR count). The van der Waals surface area contributed by atoms with E-state index in [0.29, 0.717) is 0 Å². The minimum atomic E-state index is -0.958. The molecule has 1 N–H and O–H groups in total. The molecule has 0 fully saturated rings. The van der Waals surface area contributed by atoms with Crippen molar-refractivity contribution < 1.29 is 9.90 Å². The normalized spacial score (nSPS) is 8.93. The van der Waals surface area contributed by atoms with Crippen LogP contribution in [0.2, 0.25) is 0 Å². The number of carboxylic acid groups (broad SMARTS) is 1. The molecule has 0 spiro atoms. The molecule has 0 amide bonds. The first-order valence-corrected chi connectivity index (χ1v) is 5.45. The van der Waals surface area contributed by atoms with Crippen molar-refractivity contribution in [1.29, 1.82) is 0 Å². The Labute approximate surface area is 88.9 Å². The van der Waals surface area contributed by atoms with Crippen molar-refractivity contribution >= 4 is 28.6 Å². The first-order valence-electron chi connectivity index (χ1n) is 3.69. The number of hydrogen-bond acceptors (Lipinski definition) is 5. The molecule has 2 heterocycles. The molecular formula is C8H8N2O2S2. The lowest BCUT2D eigenvalue weighted by molar-refractivity contribution is 0.0696. The first-order chi connectivity index (χ1) is 6.70. The van der Waals surface area contributed by atoms with E-state index in [-0.39, 0.29) is 5.01 Å². The molecule has 0 saturated carbocycles. The Hall–Kier alpha value is -1.27. The summed E-state index contributed by atoms with van der Waals surface area (Å²) in [5, 5.41) is 13.1. The zero-order valence-corrected chi connectivity index (χ0v) is 9.01. The Balaban J connectivity index is 0.000000146. The number of rotatable bonds is 1. The highest BCUT2D eigenvalue weighted by molar-refractivity contribution is 7.11. The van der Waals surface area contributed by atoms with E-state index in [9.17, 15) is 4.79 Å². The van der Waals surface area contributed by atoms with Gasteiger partial charge in [-0.1, -0.05) is 0 Å². The number of aromatic nitrogens is 2. The maximum Gasteiger partial charge on any atom is 0.364 e. The van der Waals surface area contributed by atoms with Crippen LogP contribution in [0.15, 0.2) is 23.2 Å². The van der Waals surface area contributed by atoms with E-state index in [1.807, 2.05) is 12.3 Å². The quantitative estimate of drug-likeness (QED) is 0.813. The summed E-state index contributed by atoms with van der Waals surface area (Å²) in [4.78, 5) is 17.5. The van der Waals surface area contributed by atoms with E-state index in [1.54, 1.807) is 22.9 Å². The second kappa shape index (κ2) is 5.46. The molecule has 14 heavy (non-hydrogen) atoms. The zero-order chi connectivity index (χ0) is 10.4. The summed E-state index contributed by atoms with van der Waals surface area (Å²) >= 11 is 2.79. The van der Waals surface area contributed by atoms with E-state index in [4.69, 9.17) is 5.11 Å². The average Bonchev–Trinajstić information content (AvgIpc) is 2.75. The van der Waals surface area contributed by atoms with Crippen LogP contribution in [-0.2, 0) is 0 Å². The van der Waals surface area contributed by atoms with Gasteiger partial charge >= 0.3 is 5.97 Å². The molecule has 74 valence electrons. The van der Waals surface area contributed by atoms with Crippen LogP contribution in [0.1, 0.15) is 14.8 Å². The molecule has 4 nitrogen and oxygen atoms in total. The number of nitrogens with zero attached hydrogens (tertiary/aromatic N) is 2. The largest absolute Gasteiger partial charge is 0.476 e. The van der Waals surface area contributed by atoms with E-state index >= 15 is 0 Å². The van der Waals surface area contributed by atoms with Gasteiger partial charge in [-0.05, 0) is 6.92 Å². The Kier molecular flexibility index (Phi) is 4.21. The van der Waals surface area contributed by atoms with Crippen molar-refractivity contribution in [1.82, 2.24) is 9.97 Å². The van der Waals surface area contributed by atoms with Crippen LogP contribution >= 0.6 is 22.7 Å². The van der Waals surface area contributed by atoms with Crippen molar-refractivity contribution in [3.05, 3.63) is 33.2 Å². The third-order valence-corrected chi connectivity index (χ3v) is 2.64. The second-order valence-corrected chi connectivity index (χ2v) is 4.19. The predicted molar refractivity (Wildman–Crippen MR) is 55.9 cm³/mol. The van der Waals surface area contributed by atoms with Crippen molar-refractivity contribution in [3.63, 3.8) is 0 Å². The number of aryl methyl sites for hydroxylation is 1. The summed E-state index contributed by atoms with van der Waals surface area (Å²) in [7, 11) is 0. The summed E-state index contributed by atoms with van der Waals surface area (Å²) in [5.41, 5.74) is 0. The number of aromatic carboxylic acids is 1. The second-order valence-electron chi connectivity index (χ2n) is 2.19. The fourth-order valence-corrected chi connectivity index (χ4v) is 1.54. The minimum absolute atomic E-state index is 0.144. The molecule has 2 aromatic heterocycles. The molecule has 0 aliphatic carbocycles. The summed E-state index contributed by atoms with van der Waals surface area (Å²) in [6.07, 6.45) is 3.27. The van der Waals surface area contributed by atoms with E-state index in [0.717, 1.165) is 16.3 Å².